The maximum atomic E-state index is 5.82. The molecule has 0 aliphatic rings. The summed E-state index contributed by atoms with van der Waals surface area (Å²) < 4.78 is 2.25. The second-order valence-electron chi connectivity index (χ2n) is 6.55. The third kappa shape index (κ3) is 4.67. The van der Waals surface area contributed by atoms with Gasteiger partial charge in [-0.15, -0.1) is 10.2 Å². The number of anilines is 1. The van der Waals surface area contributed by atoms with Crippen LogP contribution in [0, 0.1) is 6.92 Å². The zero-order valence-corrected chi connectivity index (χ0v) is 16.3. The van der Waals surface area contributed by atoms with E-state index in [1.165, 1.54) is 16.7 Å². The van der Waals surface area contributed by atoms with Crippen molar-refractivity contribution in [1.29, 1.82) is 0 Å². The molecule has 3 rings (SSSR count). The Morgan fingerprint density at radius 2 is 1.81 bits per heavy atom. The van der Waals surface area contributed by atoms with Crippen LogP contribution in [0.3, 0.4) is 0 Å². The van der Waals surface area contributed by atoms with Crippen molar-refractivity contribution < 1.29 is 0 Å². The number of thioether (sulfide) groups is 1. The van der Waals surface area contributed by atoms with Gasteiger partial charge in [0.25, 0.3) is 0 Å². The third-order valence-electron chi connectivity index (χ3n) is 4.49. The molecule has 0 aliphatic heterocycles. The average molecular weight is 367 g/mol. The number of benzene rings is 2. The number of aromatic nitrogens is 3. The highest BCUT2D eigenvalue weighted by Gasteiger charge is 2.13. The topological polar surface area (TPSA) is 56.7 Å². The van der Waals surface area contributed by atoms with E-state index in [0.717, 1.165) is 48.2 Å². The summed E-state index contributed by atoms with van der Waals surface area (Å²) in [5.74, 6) is 1.97. The van der Waals surface area contributed by atoms with Gasteiger partial charge in [-0.2, -0.15) is 0 Å². The van der Waals surface area contributed by atoms with E-state index in [2.05, 4.69) is 65.0 Å². The predicted molar refractivity (Wildman–Crippen MR) is 109 cm³/mol. The summed E-state index contributed by atoms with van der Waals surface area (Å²) in [5, 5.41) is 9.93. The van der Waals surface area contributed by atoms with Crippen LogP contribution in [0.1, 0.15) is 42.3 Å². The van der Waals surface area contributed by atoms with Crippen LogP contribution in [0.15, 0.2) is 53.7 Å². The first-order valence-corrected chi connectivity index (χ1v) is 10.1. The Morgan fingerprint density at radius 1 is 1.04 bits per heavy atom. The van der Waals surface area contributed by atoms with Gasteiger partial charge in [0.05, 0.1) is 6.54 Å². The third-order valence-corrected chi connectivity index (χ3v) is 5.50. The van der Waals surface area contributed by atoms with Gasteiger partial charge in [0.2, 0.25) is 0 Å². The number of unbranched alkanes of at least 4 members (excludes halogenated alkanes) is 1. The lowest BCUT2D eigenvalue weighted by Gasteiger charge is -2.11. The Kier molecular flexibility index (Phi) is 6.34. The van der Waals surface area contributed by atoms with Crippen molar-refractivity contribution in [1.82, 2.24) is 14.8 Å². The van der Waals surface area contributed by atoms with E-state index in [0.29, 0.717) is 0 Å². The Morgan fingerprint density at radius 3 is 2.54 bits per heavy atom. The first kappa shape index (κ1) is 18.5. The van der Waals surface area contributed by atoms with E-state index in [1.54, 1.807) is 11.8 Å². The van der Waals surface area contributed by atoms with Crippen molar-refractivity contribution in [2.75, 3.05) is 5.73 Å². The number of nitrogens with two attached hydrogens (primary N) is 1. The van der Waals surface area contributed by atoms with E-state index in [-0.39, 0.29) is 0 Å². The highest BCUT2D eigenvalue weighted by molar-refractivity contribution is 7.98. The van der Waals surface area contributed by atoms with Crippen molar-refractivity contribution in [2.24, 2.45) is 0 Å². The van der Waals surface area contributed by atoms with E-state index >= 15 is 0 Å². The van der Waals surface area contributed by atoms with Gasteiger partial charge in [-0.1, -0.05) is 61.5 Å². The lowest BCUT2D eigenvalue weighted by molar-refractivity contribution is 0.642. The number of nitrogen functional groups attached to an aromatic ring is 1. The number of hydrogen-bond donors (Lipinski definition) is 1. The van der Waals surface area contributed by atoms with Crippen LogP contribution in [0.4, 0.5) is 5.69 Å². The molecule has 0 saturated carbocycles. The molecule has 0 spiro atoms. The monoisotopic (exact) mass is 366 g/mol. The molecule has 136 valence electrons. The lowest BCUT2D eigenvalue weighted by atomic mass is 10.1. The molecule has 0 unspecified atom stereocenters. The molecule has 1 heterocycles. The zero-order valence-electron chi connectivity index (χ0n) is 15.5. The number of hydrogen-bond acceptors (Lipinski definition) is 4. The summed E-state index contributed by atoms with van der Waals surface area (Å²) in [7, 11) is 0. The van der Waals surface area contributed by atoms with Crippen LogP contribution in [0.25, 0.3) is 0 Å². The highest BCUT2D eigenvalue weighted by atomic mass is 32.2. The molecule has 3 aromatic rings. The normalized spacial score (nSPS) is 11.0. The van der Waals surface area contributed by atoms with Crippen molar-refractivity contribution in [3.8, 4) is 0 Å². The molecule has 0 saturated heterocycles. The Labute approximate surface area is 159 Å². The SMILES string of the molecule is CCCCc1nnc(SCc2ccccc2C)n1Cc1ccc(N)cc1. The van der Waals surface area contributed by atoms with E-state index in [9.17, 15) is 0 Å². The maximum Gasteiger partial charge on any atom is 0.191 e. The fourth-order valence-electron chi connectivity index (χ4n) is 2.82. The molecule has 2 N–H and O–H groups in total. The van der Waals surface area contributed by atoms with Crippen LogP contribution < -0.4 is 5.73 Å². The minimum absolute atomic E-state index is 0.780. The second kappa shape index (κ2) is 8.90. The molecular formula is C21H26N4S. The molecule has 0 atom stereocenters. The van der Waals surface area contributed by atoms with E-state index in [4.69, 9.17) is 5.73 Å². The molecular weight excluding hydrogens is 340 g/mol. The van der Waals surface area contributed by atoms with Gasteiger partial charge in [0.15, 0.2) is 5.16 Å². The maximum absolute atomic E-state index is 5.82. The van der Waals surface area contributed by atoms with Gasteiger partial charge in [-0.05, 0) is 42.2 Å². The molecule has 0 amide bonds. The first-order chi connectivity index (χ1) is 12.7. The summed E-state index contributed by atoms with van der Waals surface area (Å²) in [5.41, 5.74) is 10.5. The van der Waals surface area contributed by atoms with Gasteiger partial charge < -0.3 is 10.3 Å². The largest absolute Gasteiger partial charge is 0.399 e. The molecule has 1 aromatic heterocycles. The van der Waals surface area contributed by atoms with Crippen molar-refractivity contribution in [3.05, 3.63) is 71.0 Å². The minimum Gasteiger partial charge on any atom is -0.399 e. The second-order valence-corrected chi connectivity index (χ2v) is 7.49. The molecule has 5 heteroatoms. The average Bonchev–Trinajstić information content (AvgIpc) is 3.03. The standard InChI is InChI=1S/C21H26N4S/c1-3-4-9-20-23-24-21(26-15-18-8-6-5-7-16(18)2)25(20)14-17-10-12-19(22)13-11-17/h5-8,10-13H,3-4,9,14-15,22H2,1-2H3. The smallest absolute Gasteiger partial charge is 0.191 e. The number of rotatable bonds is 8. The lowest BCUT2D eigenvalue weighted by Crippen LogP contribution is -2.07. The van der Waals surface area contributed by atoms with Crippen LogP contribution in [-0.4, -0.2) is 14.8 Å². The van der Waals surface area contributed by atoms with Gasteiger partial charge in [-0.25, -0.2) is 0 Å². The quantitative estimate of drug-likeness (QED) is 0.457. The van der Waals surface area contributed by atoms with Gasteiger partial charge in [0, 0.05) is 17.9 Å². The van der Waals surface area contributed by atoms with Crippen LogP contribution in [0.2, 0.25) is 0 Å². The minimum atomic E-state index is 0.780. The summed E-state index contributed by atoms with van der Waals surface area (Å²) >= 11 is 1.76. The first-order valence-electron chi connectivity index (χ1n) is 9.11. The number of nitrogens with zero attached hydrogens (tertiary/aromatic N) is 3. The Hall–Kier alpha value is -2.27. The predicted octanol–water partition coefficient (Wildman–Crippen LogP) is 4.85. The molecule has 0 bridgehead atoms. The van der Waals surface area contributed by atoms with Crippen molar-refractivity contribution in [3.63, 3.8) is 0 Å². The van der Waals surface area contributed by atoms with E-state index in [1.807, 2.05) is 12.1 Å². The van der Waals surface area contributed by atoms with Gasteiger partial charge in [0.1, 0.15) is 5.82 Å². The van der Waals surface area contributed by atoms with Crippen molar-refractivity contribution >= 4 is 17.4 Å². The van der Waals surface area contributed by atoms with Gasteiger partial charge >= 0.3 is 0 Å². The molecule has 0 fully saturated rings. The van der Waals surface area contributed by atoms with Crippen LogP contribution >= 0.6 is 11.8 Å². The van der Waals surface area contributed by atoms with E-state index < -0.39 is 0 Å². The van der Waals surface area contributed by atoms with Crippen LogP contribution in [-0.2, 0) is 18.7 Å². The summed E-state index contributed by atoms with van der Waals surface area (Å²) in [6.07, 6.45) is 3.24. The van der Waals surface area contributed by atoms with Gasteiger partial charge in [-0.3, -0.25) is 0 Å². The number of aryl methyl sites for hydroxylation is 2. The Bertz CT molecular complexity index is 839. The molecule has 4 nitrogen and oxygen atoms in total. The van der Waals surface area contributed by atoms with Crippen molar-refractivity contribution in [2.45, 2.75) is 50.6 Å². The fraction of sp³-hybridized carbons (Fsp3) is 0.333. The summed E-state index contributed by atoms with van der Waals surface area (Å²) in [6, 6.07) is 16.6. The molecule has 2 aromatic carbocycles. The summed E-state index contributed by atoms with van der Waals surface area (Å²) in [4.78, 5) is 0. The molecule has 0 radical (unpaired) electrons. The highest BCUT2D eigenvalue weighted by Crippen LogP contribution is 2.25. The Balaban J connectivity index is 1.80. The summed E-state index contributed by atoms with van der Waals surface area (Å²) in [6.45, 7) is 5.14. The van der Waals surface area contributed by atoms with Crippen LogP contribution in [0.5, 0.6) is 0 Å². The molecule has 0 aliphatic carbocycles. The molecule has 26 heavy (non-hydrogen) atoms. The zero-order chi connectivity index (χ0) is 18.4. The fourth-order valence-corrected chi connectivity index (χ4v) is 3.86.